The summed E-state index contributed by atoms with van der Waals surface area (Å²) in [5, 5.41) is 17.8. The number of benzene rings is 1. The van der Waals surface area contributed by atoms with Gasteiger partial charge in [-0.1, -0.05) is 36.6 Å². The molecular formula is C18H28N6O2. The average molecular weight is 360 g/mol. The number of carbonyl (C=O) groups is 1. The largest absolute Gasteiger partial charge is 0.483 e. The molecular weight excluding hydrogens is 332 g/mol. The second-order valence-electron chi connectivity index (χ2n) is 7.13. The number of carbonyl (C=O) groups excluding carboxylic acids is 1. The first-order chi connectivity index (χ1) is 12.4. The second kappa shape index (κ2) is 9.17. The van der Waals surface area contributed by atoms with Gasteiger partial charge in [0, 0.05) is 24.2 Å². The zero-order valence-corrected chi connectivity index (χ0v) is 16.0. The van der Waals surface area contributed by atoms with Crippen molar-refractivity contribution in [3.05, 3.63) is 29.8 Å². The molecule has 1 heterocycles. The van der Waals surface area contributed by atoms with Crippen molar-refractivity contribution >= 4 is 11.9 Å². The van der Waals surface area contributed by atoms with Gasteiger partial charge < -0.3 is 15.4 Å². The second-order valence-corrected chi connectivity index (χ2v) is 7.13. The number of aromatic nitrogens is 4. The number of rotatable bonds is 9. The van der Waals surface area contributed by atoms with Crippen LogP contribution in [0.5, 0.6) is 5.75 Å². The zero-order chi connectivity index (χ0) is 19.0. The number of tetrazole rings is 1. The van der Waals surface area contributed by atoms with Crippen molar-refractivity contribution in [1.82, 2.24) is 25.5 Å². The molecule has 0 saturated heterocycles. The molecule has 2 rings (SSSR count). The van der Waals surface area contributed by atoms with Crippen LogP contribution in [0.15, 0.2) is 24.3 Å². The first-order valence-corrected chi connectivity index (χ1v) is 8.91. The monoisotopic (exact) mass is 360 g/mol. The van der Waals surface area contributed by atoms with E-state index >= 15 is 0 Å². The lowest BCUT2D eigenvalue weighted by Gasteiger charge is -2.20. The Morgan fingerprint density at radius 1 is 1.27 bits per heavy atom. The highest BCUT2D eigenvalue weighted by molar-refractivity contribution is 5.78. The third kappa shape index (κ3) is 6.34. The van der Waals surface area contributed by atoms with E-state index < -0.39 is 0 Å². The van der Waals surface area contributed by atoms with Crippen LogP contribution >= 0.6 is 0 Å². The molecule has 0 radical (unpaired) electrons. The highest BCUT2D eigenvalue weighted by atomic mass is 16.5. The number of aryl methyl sites for hydroxylation is 1. The summed E-state index contributed by atoms with van der Waals surface area (Å²) in [7, 11) is 0. The van der Waals surface area contributed by atoms with Gasteiger partial charge in [-0.25, -0.2) is 4.68 Å². The van der Waals surface area contributed by atoms with Gasteiger partial charge in [-0.15, -0.1) is 0 Å². The molecule has 8 heteroatoms. The third-order valence-electron chi connectivity index (χ3n) is 3.54. The van der Waals surface area contributed by atoms with E-state index in [2.05, 4.69) is 33.1 Å². The number of para-hydroxylation sites is 1. The summed E-state index contributed by atoms with van der Waals surface area (Å²) in [6, 6.07) is 7.61. The van der Waals surface area contributed by atoms with Gasteiger partial charge in [-0.3, -0.25) is 4.79 Å². The number of hydrogen-bond donors (Lipinski definition) is 2. The molecule has 0 aliphatic rings. The van der Waals surface area contributed by atoms with Crippen LogP contribution in [0, 0.1) is 0 Å². The Balaban J connectivity index is 1.94. The Labute approximate surface area is 154 Å². The molecule has 2 N–H and O–H groups in total. The number of anilines is 1. The van der Waals surface area contributed by atoms with E-state index in [9.17, 15) is 4.79 Å². The normalized spacial score (nSPS) is 11.2. The predicted molar refractivity (Wildman–Crippen MR) is 99.9 cm³/mol. The quantitative estimate of drug-likeness (QED) is 0.713. The van der Waals surface area contributed by atoms with E-state index in [0.29, 0.717) is 18.2 Å². The zero-order valence-electron chi connectivity index (χ0n) is 16.0. The minimum Gasteiger partial charge on any atom is -0.483 e. The SMILES string of the molecule is CCCCn1nnnc1NCc1ccccc1OCC(=O)NC(C)(C)C. The Bertz CT molecular complexity index is 708. The van der Waals surface area contributed by atoms with Gasteiger partial charge in [0.15, 0.2) is 6.61 Å². The smallest absolute Gasteiger partial charge is 0.258 e. The summed E-state index contributed by atoms with van der Waals surface area (Å²) in [5.74, 6) is 1.14. The standard InChI is InChI=1S/C18H28N6O2/c1-5-6-11-24-17(21-22-23-24)19-12-14-9-7-8-10-15(14)26-13-16(25)20-18(2,3)4/h7-10H,5-6,11-13H2,1-4H3,(H,20,25)(H,19,21,23). The van der Waals surface area contributed by atoms with Crippen molar-refractivity contribution in [3.8, 4) is 5.75 Å². The minimum atomic E-state index is -0.281. The van der Waals surface area contributed by atoms with E-state index in [-0.39, 0.29) is 18.1 Å². The van der Waals surface area contributed by atoms with Gasteiger partial charge in [0.05, 0.1) is 0 Å². The molecule has 0 saturated carbocycles. The van der Waals surface area contributed by atoms with Crippen LogP contribution in [0.2, 0.25) is 0 Å². The van der Waals surface area contributed by atoms with Gasteiger partial charge in [0.25, 0.3) is 5.91 Å². The summed E-state index contributed by atoms with van der Waals surface area (Å²) in [4.78, 5) is 12.0. The summed E-state index contributed by atoms with van der Waals surface area (Å²) < 4.78 is 7.45. The fraction of sp³-hybridized carbons (Fsp3) is 0.556. The number of amides is 1. The summed E-state index contributed by atoms with van der Waals surface area (Å²) in [5.41, 5.74) is 0.651. The predicted octanol–water partition coefficient (Wildman–Crippen LogP) is 2.38. The van der Waals surface area contributed by atoms with Crippen molar-refractivity contribution in [1.29, 1.82) is 0 Å². The van der Waals surface area contributed by atoms with E-state index in [1.165, 1.54) is 0 Å². The molecule has 8 nitrogen and oxygen atoms in total. The number of ether oxygens (including phenoxy) is 1. The van der Waals surface area contributed by atoms with Gasteiger partial charge in [-0.05, 0) is 43.7 Å². The number of nitrogens with one attached hydrogen (secondary N) is 2. The van der Waals surface area contributed by atoms with Gasteiger partial charge >= 0.3 is 0 Å². The first-order valence-electron chi connectivity index (χ1n) is 8.91. The topological polar surface area (TPSA) is 94.0 Å². The lowest BCUT2D eigenvalue weighted by molar-refractivity contribution is -0.124. The Morgan fingerprint density at radius 3 is 2.77 bits per heavy atom. The van der Waals surface area contributed by atoms with Crippen molar-refractivity contribution < 1.29 is 9.53 Å². The van der Waals surface area contributed by atoms with E-state index in [0.717, 1.165) is 24.9 Å². The number of nitrogens with zero attached hydrogens (tertiary/aromatic N) is 4. The van der Waals surface area contributed by atoms with Crippen LogP contribution in [0.1, 0.15) is 46.1 Å². The molecule has 26 heavy (non-hydrogen) atoms. The van der Waals surface area contributed by atoms with Crippen LogP contribution in [0.4, 0.5) is 5.95 Å². The Hall–Kier alpha value is -2.64. The minimum absolute atomic E-state index is 0.0253. The molecule has 2 aromatic rings. The fourth-order valence-electron chi connectivity index (χ4n) is 2.35. The van der Waals surface area contributed by atoms with Crippen LogP contribution in [-0.2, 0) is 17.9 Å². The van der Waals surface area contributed by atoms with Crippen LogP contribution in [0.25, 0.3) is 0 Å². The molecule has 0 spiro atoms. The molecule has 1 aromatic carbocycles. The maximum absolute atomic E-state index is 12.0. The molecule has 0 aliphatic heterocycles. The lowest BCUT2D eigenvalue weighted by atomic mass is 10.1. The summed E-state index contributed by atoms with van der Waals surface area (Å²) in [6.45, 7) is 9.19. The maximum atomic E-state index is 12.0. The van der Waals surface area contributed by atoms with E-state index in [4.69, 9.17) is 4.74 Å². The van der Waals surface area contributed by atoms with E-state index in [1.807, 2.05) is 45.0 Å². The van der Waals surface area contributed by atoms with Crippen molar-refractivity contribution in [2.24, 2.45) is 0 Å². The number of hydrogen-bond acceptors (Lipinski definition) is 6. The Morgan fingerprint density at radius 2 is 2.04 bits per heavy atom. The van der Waals surface area contributed by atoms with Gasteiger partial charge in [-0.2, -0.15) is 0 Å². The van der Waals surface area contributed by atoms with Crippen LogP contribution in [-0.4, -0.2) is 38.3 Å². The van der Waals surface area contributed by atoms with Crippen molar-refractivity contribution in [2.75, 3.05) is 11.9 Å². The lowest BCUT2D eigenvalue weighted by Crippen LogP contribution is -2.43. The van der Waals surface area contributed by atoms with Crippen LogP contribution < -0.4 is 15.4 Å². The van der Waals surface area contributed by atoms with Crippen molar-refractivity contribution in [3.63, 3.8) is 0 Å². The fourth-order valence-corrected chi connectivity index (χ4v) is 2.35. The van der Waals surface area contributed by atoms with E-state index in [1.54, 1.807) is 4.68 Å². The summed E-state index contributed by atoms with van der Waals surface area (Å²) >= 11 is 0. The third-order valence-corrected chi connectivity index (χ3v) is 3.54. The molecule has 1 amide bonds. The highest BCUT2D eigenvalue weighted by Crippen LogP contribution is 2.19. The first kappa shape index (κ1) is 19.7. The molecule has 0 unspecified atom stereocenters. The van der Waals surface area contributed by atoms with Crippen LogP contribution in [0.3, 0.4) is 0 Å². The molecule has 0 atom stereocenters. The van der Waals surface area contributed by atoms with Crippen molar-refractivity contribution in [2.45, 2.75) is 59.2 Å². The Kier molecular flexibility index (Phi) is 6.94. The molecule has 0 bridgehead atoms. The maximum Gasteiger partial charge on any atom is 0.258 e. The van der Waals surface area contributed by atoms with Gasteiger partial charge in [0.2, 0.25) is 5.95 Å². The summed E-state index contributed by atoms with van der Waals surface area (Å²) in [6.07, 6.45) is 2.09. The average Bonchev–Trinajstić information content (AvgIpc) is 3.03. The molecule has 1 aromatic heterocycles. The molecule has 142 valence electrons. The number of unbranched alkanes of at least 4 members (excludes halogenated alkanes) is 1. The highest BCUT2D eigenvalue weighted by Gasteiger charge is 2.15. The van der Waals surface area contributed by atoms with Gasteiger partial charge in [0.1, 0.15) is 5.75 Å². The molecule has 0 aliphatic carbocycles. The molecule has 0 fully saturated rings.